The molecule has 1 aliphatic carbocycles. The number of nitrogens with one attached hydrogen (secondary N) is 1. The molecule has 1 aromatic carbocycles. The van der Waals surface area contributed by atoms with Gasteiger partial charge >= 0.3 is 5.69 Å². The van der Waals surface area contributed by atoms with Crippen molar-refractivity contribution < 1.29 is 9.53 Å². The molecular weight excluding hydrogens is 442 g/mol. The van der Waals surface area contributed by atoms with Crippen LogP contribution in [0.3, 0.4) is 0 Å². The number of thioether (sulfide) groups is 1. The van der Waals surface area contributed by atoms with Crippen molar-refractivity contribution >= 4 is 28.7 Å². The number of aryl methyl sites for hydroxylation is 1. The maximum atomic E-state index is 13.0. The first-order valence-corrected chi connectivity index (χ1v) is 11.9. The van der Waals surface area contributed by atoms with Crippen molar-refractivity contribution in [3.05, 3.63) is 45.1 Å². The lowest BCUT2D eigenvalue weighted by atomic mass is 9.95. The number of fused-ring (bicyclic) bond motifs is 1. The first-order valence-electron chi connectivity index (χ1n) is 10.9. The van der Waals surface area contributed by atoms with Gasteiger partial charge in [-0.15, -0.1) is 0 Å². The van der Waals surface area contributed by atoms with Gasteiger partial charge in [-0.1, -0.05) is 43.2 Å². The van der Waals surface area contributed by atoms with Gasteiger partial charge < -0.3 is 10.1 Å². The van der Waals surface area contributed by atoms with Crippen LogP contribution in [0.15, 0.2) is 38.9 Å². The molecule has 0 unspecified atom stereocenters. The average molecular weight is 470 g/mol. The van der Waals surface area contributed by atoms with Crippen molar-refractivity contribution in [1.82, 2.24) is 24.4 Å². The highest BCUT2D eigenvalue weighted by Crippen LogP contribution is 2.31. The third kappa shape index (κ3) is 4.66. The van der Waals surface area contributed by atoms with E-state index in [2.05, 4.69) is 15.3 Å². The van der Waals surface area contributed by atoms with Gasteiger partial charge in [0.15, 0.2) is 11.5 Å². The molecule has 0 spiro atoms. The minimum Gasteiger partial charge on any atom is -0.496 e. The molecule has 1 N–H and O–H groups in total. The Morgan fingerprint density at radius 1 is 1.12 bits per heavy atom. The summed E-state index contributed by atoms with van der Waals surface area (Å²) in [5.41, 5.74) is -0.129. The Morgan fingerprint density at radius 3 is 2.58 bits per heavy atom. The van der Waals surface area contributed by atoms with Crippen LogP contribution in [-0.2, 0) is 18.9 Å². The molecular formula is C23H27N5O4S. The fraction of sp³-hybridized carbons (Fsp3) is 0.435. The minimum atomic E-state index is -0.491. The van der Waals surface area contributed by atoms with Crippen LogP contribution in [0, 0.1) is 0 Å². The van der Waals surface area contributed by atoms with E-state index < -0.39 is 11.2 Å². The number of methoxy groups -OCH3 is 1. The Labute approximate surface area is 195 Å². The van der Waals surface area contributed by atoms with E-state index in [-0.39, 0.29) is 28.7 Å². The number of benzene rings is 1. The number of amides is 1. The number of hydrogen-bond acceptors (Lipinski definition) is 7. The second-order valence-electron chi connectivity index (χ2n) is 8.15. The van der Waals surface area contributed by atoms with Gasteiger partial charge in [-0.2, -0.15) is 0 Å². The first kappa shape index (κ1) is 23.0. The number of nitrogens with zero attached hydrogens (tertiary/aromatic N) is 4. The predicted octanol–water partition coefficient (Wildman–Crippen LogP) is 2.24. The van der Waals surface area contributed by atoms with E-state index in [0.29, 0.717) is 22.2 Å². The van der Waals surface area contributed by atoms with E-state index in [1.807, 2.05) is 18.2 Å². The molecule has 4 rings (SSSR count). The summed E-state index contributed by atoms with van der Waals surface area (Å²) in [4.78, 5) is 47.3. The first-order chi connectivity index (χ1) is 15.9. The molecule has 2 heterocycles. The zero-order valence-electron chi connectivity index (χ0n) is 19.0. The number of rotatable bonds is 6. The van der Waals surface area contributed by atoms with E-state index in [9.17, 15) is 14.4 Å². The maximum absolute atomic E-state index is 13.0. The van der Waals surface area contributed by atoms with E-state index >= 15 is 0 Å². The molecule has 3 aromatic rings. The molecule has 174 valence electrons. The second-order valence-corrected chi connectivity index (χ2v) is 9.11. The van der Waals surface area contributed by atoms with Crippen molar-refractivity contribution in [3.63, 3.8) is 0 Å². The highest BCUT2D eigenvalue weighted by atomic mass is 32.2. The molecule has 1 amide bonds. The van der Waals surface area contributed by atoms with E-state index in [4.69, 9.17) is 4.74 Å². The van der Waals surface area contributed by atoms with Crippen LogP contribution in [0.5, 0.6) is 5.75 Å². The van der Waals surface area contributed by atoms with Crippen LogP contribution in [0.2, 0.25) is 0 Å². The van der Waals surface area contributed by atoms with E-state index in [1.54, 1.807) is 20.2 Å². The van der Waals surface area contributed by atoms with Gasteiger partial charge in [-0.25, -0.2) is 14.8 Å². The van der Waals surface area contributed by atoms with Gasteiger partial charge in [0.05, 0.1) is 18.4 Å². The number of carbonyl (C=O) groups is 1. The minimum absolute atomic E-state index is 0.0980. The lowest BCUT2D eigenvalue weighted by molar-refractivity contribution is -0.119. The van der Waals surface area contributed by atoms with Gasteiger partial charge in [0, 0.05) is 20.1 Å². The van der Waals surface area contributed by atoms with Crippen LogP contribution in [0.1, 0.15) is 32.1 Å². The van der Waals surface area contributed by atoms with Gasteiger partial charge in [-0.05, 0) is 25.0 Å². The fourth-order valence-corrected chi connectivity index (χ4v) is 4.96. The van der Waals surface area contributed by atoms with Gasteiger partial charge in [0.2, 0.25) is 5.91 Å². The Balaban J connectivity index is 1.77. The number of aromatic nitrogens is 4. The molecule has 0 radical (unpaired) electrons. The predicted molar refractivity (Wildman–Crippen MR) is 128 cm³/mol. The molecule has 0 saturated heterocycles. The maximum Gasteiger partial charge on any atom is 0.332 e. The number of carbonyl (C=O) groups excluding carboxylic acids is 1. The molecule has 1 saturated carbocycles. The molecule has 1 fully saturated rings. The summed E-state index contributed by atoms with van der Waals surface area (Å²) in [6.45, 7) is 0. The summed E-state index contributed by atoms with van der Waals surface area (Å²) in [5, 5.41) is 3.66. The topological polar surface area (TPSA) is 108 Å². The van der Waals surface area contributed by atoms with E-state index in [0.717, 1.165) is 30.3 Å². The molecule has 33 heavy (non-hydrogen) atoms. The van der Waals surface area contributed by atoms with Crippen molar-refractivity contribution in [1.29, 1.82) is 0 Å². The third-order valence-electron chi connectivity index (χ3n) is 5.92. The standard InChI is InChI=1S/C23H27N5O4S/c1-27-20-18(22(30)28(2)23(27)31)21(33-13-17(29)24-14-9-5-4-6-10-14)26-19(25-20)15-11-7-8-12-16(15)32-3/h7-8,11-12,14H,4-6,9-10,13H2,1-3H3,(H,24,29). The van der Waals surface area contributed by atoms with Crippen molar-refractivity contribution in [2.24, 2.45) is 14.1 Å². The smallest absolute Gasteiger partial charge is 0.332 e. The van der Waals surface area contributed by atoms with E-state index in [1.165, 1.54) is 29.8 Å². The summed E-state index contributed by atoms with van der Waals surface area (Å²) < 4.78 is 7.80. The third-order valence-corrected chi connectivity index (χ3v) is 6.90. The van der Waals surface area contributed by atoms with Crippen LogP contribution in [0.4, 0.5) is 0 Å². The van der Waals surface area contributed by atoms with Crippen LogP contribution in [0.25, 0.3) is 22.4 Å². The van der Waals surface area contributed by atoms with Crippen molar-refractivity contribution in [2.45, 2.75) is 43.2 Å². The Bertz CT molecular complexity index is 1310. The molecule has 9 nitrogen and oxygen atoms in total. The largest absolute Gasteiger partial charge is 0.496 e. The molecule has 10 heteroatoms. The molecule has 0 aliphatic heterocycles. The van der Waals surface area contributed by atoms with Crippen LogP contribution >= 0.6 is 11.8 Å². The summed E-state index contributed by atoms with van der Waals surface area (Å²) in [5.74, 6) is 0.897. The SMILES string of the molecule is COc1ccccc1-c1nc(SCC(=O)NC2CCCCC2)c2c(=O)n(C)c(=O)n(C)c2n1. The molecule has 1 aliphatic rings. The molecule has 0 bridgehead atoms. The molecule has 2 aromatic heterocycles. The van der Waals surface area contributed by atoms with Crippen LogP contribution < -0.4 is 21.3 Å². The number of para-hydroxylation sites is 1. The van der Waals surface area contributed by atoms with Crippen molar-refractivity contribution in [3.8, 4) is 17.1 Å². The summed E-state index contributed by atoms with van der Waals surface area (Å²) >= 11 is 1.17. The number of ether oxygens (including phenoxy) is 1. The average Bonchev–Trinajstić information content (AvgIpc) is 2.84. The van der Waals surface area contributed by atoms with Gasteiger partial charge in [0.25, 0.3) is 5.56 Å². The van der Waals surface area contributed by atoms with Crippen LogP contribution in [-0.4, -0.2) is 43.9 Å². The molecule has 0 atom stereocenters. The highest BCUT2D eigenvalue weighted by molar-refractivity contribution is 8.00. The second kappa shape index (κ2) is 9.78. The lowest BCUT2D eigenvalue weighted by Gasteiger charge is -2.22. The van der Waals surface area contributed by atoms with Gasteiger partial charge in [-0.3, -0.25) is 18.7 Å². The fourth-order valence-electron chi connectivity index (χ4n) is 4.13. The lowest BCUT2D eigenvalue weighted by Crippen LogP contribution is -2.38. The van der Waals surface area contributed by atoms with Gasteiger partial charge in [0.1, 0.15) is 16.2 Å². The quantitative estimate of drug-likeness (QED) is 0.436. The summed E-state index contributed by atoms with van der Waals surface area (Å²) in [6.07, 6.45) is 5.45. The Morgan fingerprint density at radius 2 is 1.85 bits per heavy atom. The zero-order valence-corrected chi connectivity index (χ0v) is 19.8. The Kier molecular flexibility index (Phi) is 6.83. The normalized spacial score (nSPS) is 14.4. The summed E-state index contributed by atoms with van der Waals surface area (Å²) in [6, 6.07) is 7.46. The summed E-state index contributed by atoms with van der Waals surface area (Å²) in [7, 11) is 4.53. The zero-order chi connectivity index (χ0) is 23.5. The highest BCUT2D eigenvalue weighted by Gasteiger charge is 2.21. The number of hydrogen-bond donors (Lipinski definition) is 1. The van der Waals surface area contributed by atoms with Crippen molar-refractivity contribution in [2.75, 3.05) is 12.9 Å². The monoisotopic (exact) mass is 469 g/mol. The Hall–Kier alpha value is -3.14.